The van der Waals surface area contributed by atoms with Crippen LogP contribution in [0.1, 0.15) is 24.5 Å². The molecule has 0 saturated carbocycles. The molecule has 1 unspecified atom stereocenters. The number of hydrogen-bond donors (Lipinski definition) is 1. The van der Waals surface area contributed by atoms with Crippen LogP contribution in [-0.4, -0.2) is 6.04 Å². The predicted octanol–water partition coefficient (Wildman–Crippen LogP) is 4.45. The van der Waals surface area contributed by atoms with Crippen molar-refractivity contribution in [1.29, 1.82) is 0 Å². The lowest BCUT2D eigenvalue weighted by molar-refractivity contribution is 0.514. The molecule has 0 heterocycles. The van der Waals surface area contributed by atoms with Gasteiger partial charge in [-0.25, -0.2) is 0 Å². The molecule has 1 N–H and O–H groups in total. The van der Waals surface area contributed by atoms with Crippen molar-refractivity contribution in [3.63, 3.8) is 0 Å². The summed E-state index contributed by atoms with van der Waals surface area (Å²) in [4.78, 5) is 0. The second-order valence-electron chi connectivity index (χ2n) is 4.93. The Labute approximate surface area is 120 Å². The summed E-state index contributed by atoms with van der Waals surface area (Å²) >= 11 is 5.87. The molecule has 0 fully saturated rings. The van der Waals surface area contributed by atoms with Gasteiger partial charge in [0.2, 0.25) is 0 Å². The van der Waals surface area contributed by atoms with E-state index in [0.717, 1.165) is 24.4 Å². The molecule has 2 heteroatoms. The van der Waals surface area contributed by atoms with E-state index < -0.39 is 0 Å². The van der Waals surface area contributed by atoms with Crippen molar-refractivity contribution in [2.45, 2.75) is 32.4 Å². The van der Waals surface area contributed by atoms with E-state index in [1.165, 1.54) is 11.1 Å². The molecule has 0 bridgehead atoms. The first kappa shape index (κ1) is 14.1. The maximum absolute atomic E-state index is 5.87. The topological polar surface area (TPSA) is 12.0 Å². The third-order valence-corrected chi connectivity index (χ3v) is 3.53. The van der Waals surface area contributed by atoms with Crippen LogP contribution < -0.4 is 5.32 Å². The van der Waals surface area contributed by atoms with Crippen molar-refractivity contribution in [3.05, 3.63) is 70.7 Å². The lowest BCUT2D eigenvalue weighted by Crippen LogP contribution is -2.25. The Hall–Kier alpha value is -1.31. The standard InChI is InChI=1S/C17H20ClN/c1-14(7-8-15-5-3-2-4-6-15)19-13-16-9-11-17(18)12-10-16/h2-6,9-12,14,19H,7-8,13H2,1H3. The highest BCUT2D eigenvalue weighted by Gasteiger charge is 2.02. The van der Waals surface area contributed by atoms with Crippen molar-refractivity contribution < 1.29 is 0 Å². The van der Waals surface area contributed by atoms with Crippen molar-refractivity contribution >= 4 is 11.6 Å². The van der Waals surface area contributed by atoms with Crippen LogP contribution in [0.15, 0.2) is 54.6 Å². The van der Waals surface area contributed by atoms with E-state index in [9.17, 15) is 0 Å². The van der Waals surface area contributed by atoms with Crippen LogP contribution in [0.3, 0.4) is 0 Å². The molecule has 0 aromatic heterocycles. The highest BCUT2D eigenvalue weighted by atomic mass is 35.5. The van der Waals surface area contributed by atoms with Crippen molar-refractivity contribution in [1.82, 2.24) is 5.32 Å². The molecule has 0 aliphatic carbocycles. The molecule has 0 amide bonds. The normalized spacial score (nSPS) is 12.3. The van der Waals surface area contributed by atoms with E-state index in [-0.39, 0.29) is 0 Å². The molecule has 2 aromatic carbocycles. The number of benzene rings is 2. The average molecular weight is 274 g/mol. The average Bonchev–Trinajstić information content (AvgIpc) is 2.45. The minimum absolute atomic E-state index is 0.510. The smallest absolute Gasteiger partial charge is 0.0406 e. The Morgan fingerprint density at radius 2 is 1.63 bits per heavy atom. The fourth-order valence-corrected chi connectivity index (χ4v) is 2.15. The van der Waals surface area contributed by atoms with E-state index >= 15 is 0 Å². The molecule has 100 valence electrons. The third-order valence-electron chi connectivity index (χ3n) is 3.28. The molecule has 0 aliphatic heterocycles. The summed E-state index contributed by atoms with van der Waals surface area (Å²) < 4.78 is 0. The summed E-state index contributed by atoms with van der Waals surface area (Å²) in [6.07, 6.45) is 2.27. The molecule has 0 saturated heterocycles. The van der Waals surface area contributed by atoms with Crippen LogP contribution in [0.4, 0.5) is 0 Å². The summed E-state index contributed by atoms with van der Waals surface area (Å²) in [5.74, 6) is 0. The molecule has 19 heavy (non-hydrogen) atoms. The lowest BCUT2D eigenvalue weighted by Gasteiger charge is -2.14. The van der Waals surface area contributed by atoms with Crippen LogP contribution in [-0.2, 0) is 13.0 Å². The van der Waals surface area contributed by atoms with Gasteiger partial charge in [-0.3, -0.25) is 0 Å². The van der Waals surface area contributed by atoms with Gasteiger partial charge in [0.05, 0.1) is 0 Å². The molecule has 0 aliphatic rings. The Morgan fingerprint density at radius 3 is 2.32 bits per heavy atom. The van der Waals surface area contributed by atoms with Crippen molar-refractivity contribution in [2.24, 2.45) is 0 Å². The van der Waals surface area contributed by atoms with E-state index in [1.54, 1.807) is 0 Å². The van der Waals surface area contributed by atoms with Gasteiger partial charge in [-0.15, -0.1) is 0 Å². The zero-order valence-corrected chi connectivity index (χ0v) is 12.0. The molecule has 1 atom stereocenters. The van der Waals surface area contributed by atoms with E-state index in [4.69, 9.17) is 11.6 Å². The summed E-state index contributed by atoms with van der Waals surface area (Å²) in [6, 6.07) is 19.2. The number of nitrogens with one attached hydrogen (secondary N) is 1. The second-order valence-corrected chi connectivity index (χ2v) is 5.37. The number of halogens is 1. The highest BCUT2D eigenvalue weighted by molar-refractivity contribution is 6.30. The van der Waals surface area contributed by atoms with Gasteiger partial charge in [0.1, 0.15) is 0 Å². The monoisotopic (exact) mass is 273 g/mol. The van der Waals surface area contributed by atoms with Crippen LogP contribution in [0.2, 0.25) is 5.02 Å². The Morgan fingerprint density at radius 1 is 0.947 bits per heavy atom. The molecular formula is C17H20ClN. The number of aryl methyl sites for hydroxylation is 1. The number of hydrogen-bond acceptors (Lipinski definition) is 1. The second kappa shape index (κ2) is 7.32. The van der Waals surface area contributed by atoms with Gasteiger partial charge in [0.25, 0.3) is 0 Å². The first-order valence-corrected chi connectivity index (χ1v) is 7.13. The zero-order chi connectivity index (χ0) is 13.5. The first-order valence-electron chi connectivity index (χ1n) is 6.76. The molecule has 2 rings (SSSR count). The number of rotatable bonds is 6. The maximum atomic E-state index is 5.87. The van der Waals surface area contributed by atoms with Gasteiger partial charge in [0, 0.05) is 17.6 Å². The minimum atomic E-state index is 0.510. The minimum Gasteiger partial charge on any atom is -0.310 e. The molecule has 0 radical (unpaired) electrons. The Balaban J connectivity index is 1.72. The summed E-state index contributed by atoms with van der Waals surface area (Å²) in [5, 5.41) is 4.34. The van der Waals surface area contributed by atoms with Gasteiger partial charge in [-0.1, -0.05) is 54.1 Å². The molecule has 1 nitrogen and oxygen atoms in total. The summed E-state index contributed by atoms with van der Waals surface area (Å²) in [5.41, 5.74) is 2.68. The molecule has 0 spiro atoms. The Kier molecular flexibility index (Phi) is 5.44. The van der Waals surface area contributed by atoms with E-state index in [2.05, 4.69) is 54.7 Å². The SMILES string of the molecule is CC(CCc1ccccc1)NCc1ccc(Cl)cc1. The fraction of sp³-hybridized carbons (Fsp3) is 0.294. The van der Waals surface area contributed by atoms with Gasteiger partial charge in [0.15, 0.2) is 0 Å². The fourth-order valence-electron chi connectivity index (χ4n) is 2.02. The zero-order valence-electron chi connectivity index (χ0n) is 11.3. The quantitative estimate of drug-likeness (QED) is 0.820. The van der Waals surface area contributed by atoms with Crippen LogP contribution >= 0.6 is 11.6 Å². The molecular weight excluding hydrogens is 254 g/mol. The van der Waals surface area contributed by atoms with Gasteiger partial charge in [-0.05, 0) is 43.0 Å². The predicted molar refractivity (Wildman–Crippen MR) is 82.5 cm³/mol. The maximum Gasteiger partial charge on any atom is 0.0406 e. The van der Waals surface area contributed by atoms with Crippen molar-refractivity contribution in [2.75, 3.05) is 0 Å². The molecule has 2 aromatic rings. The van der Waals surface area contributed by atoms with Gasteiger partial charge < -0.3 is 5.32 Å². The Bertz CT molecular complexity index is 478. The van der Waals surface area contributed by atoms with Crippen LogP contribution in [0.5, 0.6) is 0 Å². The van der Waals surface area contributed by atoms with Crippen molar-refractivity contribution in [3.8, 4) is 0 Å². The van der Waals surface area contributed by atoms with Gasteiger partial charge >= 0.3 is 0 Å². The highest BCUT2D eigenvalue weighted by Crippen LogP contribution is 2.10. The summed E-state index contributed by atoms with van der Waals surface area (Å²) in [6.45, 7) is 3.13. The van der Waals surface area contributed by atoms with E-state index in [0.29, 0.717) is 6.04 Å². The van der Waals surface area contributed by atoms with Crippen LogP contribution in [0, 0.1) is 0 Å². The largest absolute Gasteiger partial charge is 0.310 e. The van der Waals surface area contributed by atoms with Crippen LogP contribution in [0.25, 0.3) is 0 Å². The van der Waals surface area contributed by atoms with Gasteiger partial charge in [-0.2, -0.15) is 0 Å². The first-order chi connectivity index (χ1) is 9.24. The summed E-state index contributed by atoms with van der Waals surface area (Å²) in [7, 11) is 0. The third kappa shape index (κ3) is 5.06. The lowest BCUT2D eigenvalue weighted by atomic mass is 10.1. The van der Waals surface area contributed by atoms with E-state index in [1.807, 2.05) is 12.1 Å².